The Morgan fingerprint density at radius 3 is 2.88 bits per heavy atom. The minimum absolute atomic E-state index is 0.0883. The molecule has 2 bridgehead atoms. The molecule has 5 rings (SSSR count). The molecule has 1 saturated carbocycles. The molecule has 25 heavy (non-hydrogen) atoms. The van der Waals surface area contributed by atoms with E-state index < -0.39 is 0 Å². The van der Waals surface area contributed by atoms with Crippen LogP contribution < -0.4 is 9.47 Å². The van der Waals surface area contributed by atoms with E-state index in [1.165, 1.54) is 16.7 Å². The molecule has 130 valence electrons. The number of fused-ring (bicyclic) bond motifs is 2. The van der Waals surface area contributed by atoms with Gasteiger partial charge in [-0.3, -0.25) is 4.90 Å². The SMILES string of the molecule is C=CCN(C)C1C2=CC=C(OC)C3Oc4c(OC)ccc5c4[C@@]23CC51. The zero-order valence-electron chi connectivity index (χ0n) is 14.9. The van der Waals surface area contributed by atoms with Crippen LogP contribution in [0, 0.1) is 0 Å². The van der Waals surface area contributed by atoms with Gasteiger partial charge in [0.15, 0.2) is 17.6 Å². The van der Waals surface area contributed by atoms with Crippen molar-refractivity contribution in [2.24, 2.45) is 0 Å². The van der Waals surface area contributed by atoms with Crippen LogP contribution in [-0.4, -0.2) is 44.9 Å². The molecule has 3 aliphatic carbocycles. The molecule has 3 unspecified atom stereocenters. The summed E-state index contributed by atoms with van der Waals surface area (Å²) in [6.07, 6.45) is 7.31. The second-order valence-corrected chi connectivity index (χ2v) is 7.41. The standard InChI is InChI=1S/C21H23NO3/c1-5-10-22(2)18-13-11-21-14(18)7-9-16(24-4)20(21)25-19-15(23-3)8-6-12(13)17(19)21/h5-9,13,18,20H,1,10-11H2,2-4H3/t13?,18?,20?,21-/m1/s1. The molecule has 1 heterocycles. The van der Waals surface area contributed by atoms with Gasteiger partial charge in [0.05, 0.1) is 19.6 Å². The molecule has 0 N–H and O–H groups in total. The highest BCUT2D eigenvalue weighted by Gasteiger charge is 2.68. The van der Waals surface area contributed by atoms with Gasteiger partial charge in [0.25, 0.3) is 0 Å². The van der Waals surface area contributed by atoms with Gasteiger partial charge in [0.1, 0.15) is 5.76 Å². The summed E-state index contributed by atoms with van der Waals surface area (Å²) in [5, 5.41) is 0. The van der Waals surface area contributed by atoms with Crippen molar-refractivity contribution in [1.82, 2.24) is 4.90 Å². The molecule has 0 radical (unpaired) electrons. The molecule has 4 aliphatic rings. The van der Waals surface area contributed by atoms with Gasteiger partial charge in [-0.25, -0.2) is 0 Å². The van der Waals surface area contributed by atoms with Crippen LogP contribution in [0.5, 0.6) is 11.5 Å². The van der Waals surface area contributed by atoms with Crippen molar-refractivity contribution in [3.8, 4) is 11.5 Å². The highest BCUT2D eigenvalue weighted by molar-refractivity contribution is 5.72. The molecule has 0 saturated heterocycles. The second kappa shape index (κ2) is 4.92. The largest absolute Gasteiger partial charge is 0.497 e. The molecular formula is C21H23NO3. The smallest absolute Gasteiger partial charge is 0.169 e. The van der Waals surface area contributed by atoms with Gasteiger partial charge in [0, 0.05) is 24.1 Å². The third-order valence-corrected chi connectivity index (χ3v) is 6.47. The van der Waals surface area contributed by atoms with Crippen molar-refractivity contribution in [1.29, 1.82) is 0 Å². The summed E-state index contributed by atoms with van der Waals surface area (Å²) in [6, 6.07) is 4.66. The van der Waals surface area contributed by atoms with Crippen molar-refractivity contribution in [2.75, 3.05) is 27.8 Å². The van der Waals surface area contributed by atoms with Gasteiger partial charge in [0.2, 0.25) is 0 Å². The minimum Gasteiger partial charge on any atom is -0.497 e. The number of methoxy groups -OCH3 is 2. The fourth-order valence-electron chi connectivity index (χ4n) is 5.66. The van der Waals surface area contributed by atoms with Crippen LogP contribution in [0.2, 0.25) is 0 Å². The Morgan fingerprint density at radius 1 is 1.32 bits per heavy atom. The van der Waals surface area contributed by atoms with Crippen molar-refractivity contribution in [3.63, 3.8) is 0 Å². The Kier molecular flexibility index (Phi) is 2.97. The molecule has 4 nitrogen and oxygen atoms in total. The van der Waals surface area contributed by atoms with E-state index in [1.807, 2.05) is 12.1 Å². The number of rotatable bonds is 5. The molecule has 1 spiro atoms. The van der Waals surface area contributed by atoms with E-state index in [0.29, 0.717) is 12.0 Å². The van der Waals surface area contributed by atoms with Crippen LogP contribution in [0.15, 0.2) is 48.3 Å². The predicted molar refractivity (Wildman–Crippen MR) is 96.2 cm³/mol. The average Bonchev–Trinajstić information content (AvgIpc) is 3.25. The Hall–Kier alpha value is -2.20. The van der Waals surface area contributed by atoms with Gasteiger partial charge in [-0.2, -0.15) is 0 Å². The average molecular weight is 337 g/mol. The Bertz CT molecular complexity index is 840. The molecule has 1 aromatic rings. The first-order chi connectivity index (χ1) is 12.2. The van der Waals surface area contributed by atoms with E-state index in [2.05, 4.69) is 36.7 Å². The summed E-state index contributed by atoms with van der Waals surface area (Å²) in [4.78, 5) is 2.41. The predicted octanol–water partition coefficient (Wildman–Crippen LogP) is 3.15. The molecule has 0 aromatic heterocycles. The summed E-state index contributed by atoms with van der Waals surface area (Å²) in [7, 11) is 5.63. The van der Waals surface area contributed by atoms with Gasteiger partial charge >= 0.3 is 0 Å². The number of hydrogen-bond donors (Lipinski definition) is 0. The minimum atomic E-state index is -0.107. The zero-order chi connectivity index (χ0) is 17.3. The van der Waals surface area contributed by atoms with Crippen LogP contribution in [0.4, 0.5) is 0 Å². The normalized spacial score (nSPS) is 32.9. The van der Waals surface area contributed by atoms with Gasteiger partial charge in [-0.1, -0.05) is 18.2 Å². The van der Waals surface area contributed by atoms with Crippen molar-refractivity contribution < 1.29 is 14.2 Å². The lowest BCUT2D eigenvalue weighted by Gasteiger charge is -2.40. The summed E-state index contributed by atoms with van der Waals surface area (Å²) < 4.78 is 17.7. The zero-order valence-corrected chi connectivity index (χ0v) is 14.9. The van der Waals surface area contributed by atoms with Crippen LogP contribution >= 0.6 is 0 Å². The molecule has 1 aliphatic heterocycles. The number of allylic oxidation sites excluding steroid dienone is 2. The quantitative estimate of drug-likeness (QED) is 0.773. The second-order valence-electron chi connectivity index (χ2n) is 7.41. The van der Waals surface area contributed by atoms with E-state index in [0.717, 1.165) is 30.2 Å². The molecule has 0 amide bonds. The van der Waals surface area contributed by atoms with Crippen LogP contribution in [0.1, 0.15) is 23.5 Å². The van der Waals surface area contributed by atoms with Gasteiger partial charge in [-0.15, -0.1) is 6.58 Å². The number of nitrogens with zero attached hydrogens (tertiary/aromatic N) is 1. The first-order valence-electron chi connectivity index (χ1n) is 8.82. The maximum absolute atomic E-state index is 6.46. The highest BCUT2D eigenvalue weighted by atomic mass is 16.6. The van der Waals surface area contributed by atoms with Crippen molar-refractivity contribution in [3.05, 3.63) is 59.4 Å². The summed E-state index contributed by atoms with van der Waals surface area (Å²) in [5.41, 5.74) is 4.09. The number of hydrogen-bond acceptors (Lipinski definition) is 4. The van der Waals surface area contributed by atoms with Crippen LogP contribution in [0.25, 0.3) is 0 Å². The summed E-state index contributed by atoms with van der Waals surface area (Å²) >= 11 is 0. The maximum atomic E-state index is 6.46. The lowest BCUT2D eigenvalue weighted by molar-refractivity contribution is 0.118. The Morgan fingerprint density at radius 2 is 2.16 bits per heavy atom. The summed E-state index contributed by atoms with van der Waals surface area (Å²) in [6.45, 7) is 4.79. The molecular weight excluding hydrogens is 314 g/mol. The molecule has 1 aromatic carbocycles. The monoisotopic (exact) mass is 337 g/mol. The van der Waals surface area contributed by atoms with E-state index in [9.17, 15) is 0 Å². The number of benzene rings is 1. The Balaban J connectivity index is 1.76. The molecule has 4 heteroatoms. The lowest BCUT2D eigenvalue weighted by Crippen LogP contribution is -2.45. The summed E-state index contributed by atoms with van der Waals surface area (Å²) in [5.74, 6) is 3.11. The van der Waals surface area contributed by atoms with E-state index in [-0.39, 0.29) is 11.5 Å². The van der Waals surface area contributed by atoms with Crippen molar-refractivity contribution in [2.45, 2.75) is 29.9 Å². The topological polar surface area (TPSA) is 30.9 Å². The number of ether oxygens (including phenoxy) is 3. The first-order valence-corrected chi connectivity index (χ1v) is 8.82. The fourth-order valence-corrected chi connectivity index (χ4v) is 5.66. The van der Waals surface area contributed by atoms with Crippen LogP contribution in [-0.2, 0) is 10.2 Å². The lowest BCUT2D eigenvalue weighted by atomic mass is 9.68. The molecule has 4 atom stereocenters. The van der Waals surface area contributed by atoms with E-state index >= 15 is 0 Å². The van der Waals surface area contributed by atoms with E-state index in [4.69, 9.17) is 14.2 Å². The Labute approximate surface area is 148 Å². The first kappa shape index (κ1) is 15.1. The molecule has 1 fully saturated rings. The number of likely N-dealkylation sites (N-methyl/N-ethyl adjacent to an activating group) is 1. The van der Waals surface area contributed by atoms with Crippen LogP contribution in [0.3, 0.4) is 0 Å². The van der Waals surface area contributed by atoms with E-state index in [1.54, 1.807) is 14.2 Å². The van der Waals surface area contributed by atoms with Crippen molar-refractivity contribution >= 4 is 0 Å². The third-order valence-electron chi connectivity index (χ3n) is 6.47. The van der Waals surface area contributed by atoms with Gasteiger partial charge < -0.3 is 14.2 Å². The highest BCUT2D eigenvalue weighted by Crippen LogP contribution is 2.70. The maximum Gasteiger partial charge on any atom is 0.169 e. The fraction of sp³-hybridized carbons (Fsp3) is 0.429. The van der Waals surface area contributed by atoms with Gasteiger partial charge in [-0.05, 0) is 36.7 Å². The third kappa shape index (κ3) is 1.57.